The van der Waals surface area contributed by atoms with E-state index in [4.69, 9.17) is 9.47 Å². The van der Waals surface area contributed by atoms with Gasteiger partial charge in [-0.25, -0.2) is 13.4 Å². The summed E-state index contributed by atoms with van der Waals surface area (Å²) in [5.41, 5.74) is -0.107. The Morgan fingerprint density at radius 3 is 2.86 bits per heavy atom. The minimum atomic E-state index is -3.77. The van der Waals surface area contributed by atoms with E-state index in [1.54, 1.807) is 29.2 Å². The van der Waals surface area contributed by atoms with Gasteiger partial charge in [0.15, 0.2) is 0 Å². The lowest BCUT2D eigenvalue weighted by molar-refractivity contribution is -0.134. The first-order valence-corrected chi connectivity index (χ1v) is 11.6. The van der Waals surface area contributed by atoms with Crippen LogP contribution in [0.3, 0.4) is 0 Å². The Kier molecular flexibility index (Phi) is 5.36. The third kappa shape index (κ3) is 3.89. The van der Waals surface area contributed by atoms with E-state index >= 15 is 0 Å². The number of benzene rings is 1. The van der Waals surface area contributed by atoms with E-state index in [0.29, 0.717) is 31.0 Å². The predicted octanol–water partition coefficient (Wildman–Crippen LogP) is 1.65. The van der Waals surface area contributed by atoms with E-state index in [9.17, 15) is 13.2 Å². The van der Waals surface area contributed by atoms with Gasteiger partial charge in [0.05, 0.1) is 30.3 Å². The summed E-state index contributed by atoms with van der Waals surface area (Å²) in [6.07, 6.45) is 0.541. The highest BCUT2D eigenvalue weighted by Crippen LogP contribution is 2.39. The van der Waals surface area contributed by atoms with Gasteiger partial charge in [-0.2, -0.15) is 4.31 Å². The lowest BCUT2D eigenvalue weighted by Gasteiger charge is -2.31. The van der Waals surface area contributed by atoms with Crippen molar-refractivity contribution < 1.29 is 22.7 Å². The van der Waals surface area contributed by atoms with Crippen LogP contribution in [0.15, 0.2) is 34.5 Å². The summed E-state index contributed by atoms with van der Waals surface area (Å²) in [4.78, 5) is 18.6. The summed E-state index contributed by atoms with van der Waals surface area (Å²) in [5.74, 6) is 0.195. The Labute approximate surface area is 174 Å². The molecule has 1 spiro atoms. The summed E-state index contributed by atoms with van der Waals surface area (Å²) in [6.45, 7) is 3.00. The SMILES string of the molecule is COCC(=O)N1CC[C@]2(C1)CN(Cc1csc(C)n1)S(=O)(=O)c1ccccc1O2. The average molecular weight is 438 g/mol. The van der Waals surface area contributed by atoms with Crippen LogP contribution in [0.4, 0.5) is 0 Å². The van der Waals surface area contributed by atoms with Crippen molar-refractivity contribution in [1.29, 1.82) is 0 Å². The van der Waals surface area contributed by atoms with Crippen LogP contribution in [0, 0.1) is 6.92 Å². The number of ether oxygens (including phenoxy) is 2. The molecular formula is C19H23N3O5S2. The number of amides is 1. The fraction of sp³-hybridized carbons (Fsp3) is 0.474. The molecule has 1 fully saturated rings. The number of carbonyl (C=O) groups excluding carboxylic acids is 1. The maximum absolute atomic E-state index is 13.4. The number of aromatic nitrogens is 1. The van der Waals surface area contributed by atoms with Crippen LogP contribution in [0.5, 0.6) is 5.75 Å². The number of likely N-dealkylation sites (tertiary alicyclic amines) is 1. The van der Waals surface area contributed by atoms with E-state index < -0.39 is 15.6 Å². The second-order valence-corrected chi connectivity index (χ2v) is 10.3. The van der Waals surface area contributed by atoms with Crippen molar-refractivity contribution >= 4 is 27.3 Å². The van der Waals surface area contributed by atoms with Gasteiger partial charge in [0.2, 0.25) is 15.9 Å². The number of aryl methyl sites for hydroxylation is 1. The number of hydrogen-bond donors (Lipinski definition) is 0. The Hall–Kier alpha value is -2.01. The molecule has 0 radical (unpaired) electrons. The number of nitrogens with zero attached hydrogens (tertiary/aromatic N) is 3. The fourth-order valence-corrected chi connectivity index (χ4v) is 6.05. The minimum Gasteiger partial charge on any atom is -0.483 e. The van der Waals surface area contributed by atoms with Crippen molar-refractivity contribution in [3.63, 3.8) is 0 Å². The van der Waals surface area contributed by atoms with Crippen molar-refractivity contribution in [1.82, 2.24) is 14.2 Å². The normalized spacial score (nSPS) is 23.6. The average Bonchev–Trinajstić information content (AvgIpc) is 3.26. The molecular weight excluding hydrogens is 414 g/mol. The predicted molar refractivity (Wildman–Crippen MR) is 107 cm³/mol. The number of thiazole rings is 1. The second-order valence-electron chi connectivity index (χ2n) is 7.36. The van der Waals surface area contributed by atoms with Crippen LogP contribution >= 0.6 is 11.3 Å². The molecule has 0 aliphatic carbocycles. The molecule has 8 nitrogen and oxygen atoms in total. The molecule has 0 bridgehead atoms. The van der Waals surface area contributed by atoms with E-state index in [-0.39, 0.29) is 30.5 Å². The Morgan fingerprint density at radius 2 is 2.14 bits per heavy atom. The second kappa shape index (κ2) is 7.67. The highest BCUT2D eigenvalue weighted by Gasteiger charge is 2.48. The minimum absolute atomic E-state index is 0.00716. The molecule has 2 aliphatic heterocycles. The molecule has 0 saturated carbocycles. The summed E-state index contributed by atoms with van der Waals surface area (Å²) in [7, 11) is -2.30. The molecule has 2 aliphatic rings. The molecule has 3 heterocycles. The molecule has 1 saturated heterocycles. The Bertz CT molecular complexity index is 1020. The molecule has 1 amide bonds. The third-order valence-corrected chi connectivity index (χ3v) is 7.85. The van der Waals surface area contributed by atoms with E-state index in [1.807, 2.05) is 12.3 Å². The van der Waals surface area contributed by atoms with E-state index in [0.717, 1.165) is 5.01 Å². The molecule has 1 atom stereocenters. The van der Waals surface area contributed by atoms with Gasteiger partial charge in [0.1, 0.15) is 22.9 Å². The van der Waals surface area contributed by atoms with Crippen molar-refractivity contribution in [2.75, 3.05) is 33.4 Å². The van der Waals surface area contributed by atoms with E-state index in [1.165, 1.54) is 22.8 Å². The van der Waals surface area contributed by atoms with Crippen LogP contribution in [-0.4, -0.2) is 67.5 Å². The first-order valence-electron chi connectivity index (χ1n) is 9.29. The fourth-order valence-electron chi connectivity index (χ4n) is 3.85. The first kappa shape index (κ1) is 20.3. The lowest BCUT2D eigenvalue weighted by Crippen LogP contribution is -2.49. The molecule has 2 aromatic rings. The summed E-state index contributed by atoms with van der Waals surface area (Å²) in [6, 6.07) is 6.67. The number of sulfonamides is 1. The molecule has 29 heavy (non-hydrogen) atoms. The molecule has 0 N–H and O–H groups in total. The Balaban J connectivity index is 1.71. The summed E-state index contributed by atoms with van der Waals surface area (Å²) in [5, 5.41) is 2.76. The number of carbonyl (C=O) groups is 1. The van der Waals surface area contributed by atoms with Gasteiger partial charge in [-0.1, -0.05) is 12.1 Å². The quantitative estimate of drug-likeness (QED) is 0.723. The van der Waals surface area contributed by atoms with Crippen molar-refractivity contribution in [2.24, 2.45) is 0 Å². The van der Waals surface area contributed by atoms with Gasteiger partial charge >= 0.3 is 0 Å². The van der Waals surface area contributed by atoms with Crippen LogP contribution in [-0.2, 0) is 26.1 Å². The third-order valence-electron chi connectivity index (χ3n) is 5.20. The maximum Gasteiger partial charge on any atom is 0.248 e. The van der Waals surface area contributed by atoms with Gasteiger partial charge in [0, 0.05) is 25.5 Å². The molecule has 0 unspecified atom stereocenters. The zero-order valence-electron chi connectivity index (χ0n) is 16.3. The first-order chi connectivity index (χ1) is 13.8. The zero-order chi connectivity index (χ0) is 20.6. The van der Waals surface area contributed by atoms with Crippen molar-refractivity contribution in [2.45, 2.75) is 30.4 Å². The molecule has 4 rings (SSSR count). The molecule has 1 aromatic heterocycles. The molecule has 1 aromatic carbocycles. The lowest BCUT2D eigenvalue weighted by atomic mass is 10.0. The van der Waals surface area contributed by atoms with Gasteiger partial charge in [-0.05, 0) is 19.1 Å². The summed E-state index contributed by atoms with van der Waals surface area (Å²) >= 11 is 1.49. The maximum atomic E-state index is 13.4. The van der Waals surface area contributed by atoms with Crippen LogP contribution in [0.25, 0.3) is 0 Å². The largest absolute Gasteiger partial charge is 0.483 e. The number of methoxy groups -OCH3 is 1. The van der Waals surface area contributed by atoms with Crippen molar-refractivity contribution in [3.05, 3.63) is 40.3 Å². The van der Waals surface area contributed by atoms with Crippen LogP contribution < -0.4 is 4.74 Å². The van der Waals surface area contributed by atoms with Crippen molar-refractivity contribution in [3.8, 4) is 5.75 Å². The topological polar surface area (TPSA) is 89.0 Å². The Morgan fingerprint density at radius 1 is 1.34 bits per heavy atom. The van der Waals surface area contributed by atoms with Gasteiger partial charge in [-0.3, -0.25) is 4.79 Å². The number of rotatable bonds is 4. The van der Waals surface area contributed by atoms with Gasteiger partial charge < -0.3 is 14.4 Å². The van der Waals surface area contributed by atoms with Crippen LogP contribution in [0.2, 0.25) is 0 Å². The number of para-hydroxylation sites is 1. The molecule has 156 valence electrons. The summed E-state index contributed by atoms with van der Waals surface area (Å²) < 4.78 is 39.5. The monoisotopic (exact) mass is 437 g/mol. The van der Waals surface area contributed by atoms with E-state index in [2.05, 4.69) is 4.98 Å². The number of fused-ring (bicyclic) bond motifs is 1. The van der Waals surface area contributed by atoms with Gasteiger partial charge in [0.25, 0.3) is 0 Å². The zero-order valence-corrected chi connectivity index (χ0v) is 18.0. The highest BCUT2D eigenvalue weighted by atomic mass is 32.2. The number of hydrogen-bond acceptors (Lipinski definition) is 7. The standard InChI is InChI=1S/C19H23N3O5S2/c1-14-20-15(11-28-14)9-22-13-19(7-8-21(12-19)18(23)10-26-2)27-16-5-3-4-6-17(16)29(22,24)25/h3-6,11H,7-10,12-13H2,1-2H3/t19-/m0/s1. The smallest absolute Gasteiger partial charge is 0.248 e. The highest BCUT2D eigenvalue weighted by molar-refractivity contribution is 7.89. The van der Waals surface area contributed by atoms with Gasteiger partial charge in [-0.15, -0.1) is 11.3 Å². The van der Waals surface area contributed by atoms with Crippen LogP contribution in [0.1, 0.15) is 17.1 Å². The molecule has 10 heteroatoms.